The highest BCUT2D eigenvalue weighted by molar-refractivity contribution is 6.09. The molecule has 3 fully saturated rings. The molecule has 162 valence electrons. The molecule has 30 heavy (non-hydrogen) atoms. The van der Waals surface area contributed by atoms with Gasteiger partial charge in [-0.25, -0.2) is 4.79 Å². The van der Waals surface area contributed by atoms with Crippen LogP contribution in [-0.4, -0.2) is 58.9 Å². The van der Waals surface area contributed by atoms with Gasteiger partial charge in [0.15, 0.2) is 0 Å². The molecule has 0 aromatic heterocycles. The van der Waals surface area contributed by atoms with Crippen LogP contribution in [0.3, 0.4) is 0 Å². The van der Waals surface area contributed by atoms with E-state index in [1.54, 1.807) is 0 Å². The van der Waals surface area contributed by atoms with Crippen molar-refractivity contribution < 1.29 is 14.4 Å². The molecule has 4 amide bonds. The summed E-state index contributed by atoms with van der Waals surface area (Å²) in [5.41, 5.74) is 0.511. The Kier molecular flexibility index (Phi) is 6.09. The summed E-state index contributed by atoms with van der Waals surface area (Å²) in [6.45, 7) is 4.75. The zero-order valence-corrected chi connectivity index (χ0v) is 17.7. The number of benzene rings is 1. The fourth-order valence-electron chi connectivity index (χ4n) is 4.91. The van der Waals surface area contributed by atoms with Crippen LogP contribution >= 0.6 is 0 Å². The molecular weight excluding hydrogens is 380 g/mol. The van der Waals surface area contributed by atoms with E-state index in [0.717, 1.165) is 50.2 Å². The number of nitrogens with zero attached hydrogens (tertiary/aromatic N) is 2. The first kappa shape index (κ1) is 20.8. The van der Waals surface area contributed by atoms with Gasteiger partial charge in [-0.2, -0.15) is 0 Å². The molecule has 3 aliphatic rings. The number of hydrogen-bond donors (Lipinski definition) is 2. The molecular formula is C23H32N4O3. The molecule has 4 rings (SSSR count). The Hall–Kier alpha value is -2.41. The molecule has 0 atom stereocenters. The van der Waals surface area contributed by atoms with E-state index in [-0.39, 0.29) is 24.4 Å². The third kappa shape index (κ3) is 4.51. The number of carbonyl (C=O) groups is 3. The maximum absolute atomic E-state index is 12.9. The van der Waals surface area contributed by atoms with Crippen molar-refractivity contribution in [2.24, 2.45) is 5.92 Å². The Morgan fingerprint density at radius 2 is 1.77 bits per heavy atom. The van der Waals surface area contributed by atoms with Gasteiger partial charge in [-0.3, -0.25) is 19.4 Å². The highest BCUT2D eigenvalue weighted by Crippen LogP contribution is 2.36. The van der Waals surface area contributed by atoms with Crippen LogP contribution in [0, 0.1) is 5.92 Å². The van der Waals surface area contributed by atoms with Crippen molar-refractivity contribution in [1.82, 2.24) is 20.4 Å². The normalized spacial score (nSPS) is 28.0. The Morgan fingerprint density at radius 3 is 2.43 bits per heavy atom. The van der Waals surface area contributed by atoms with Crippen molar-refractivity contribution >= 4 is 17.8 Å². The van der Waals surface area contributed by atoms with Gasteiger partial charge in [0.25, 0.3) is 5.91 Å². The van der Waals surface area contributed by atoms with Crippen LogP contribution in [0.5, 0.6) is 0 Å². The first-order chi connectivity index (χ1) is 14.4. The van der Waals surface area contributed by atoms with Crippen molar-refractivity contribution in [3.8, 4) is 0 Å². The standard InChI is InChI=1S/C23H32N4O3/c1-17-7-11-23(12-8-17)21(29)27(22(30)25-23)16-20(28)24-19-9-13-26(14-10-19)15-18-5-3-2-4-6-18/h2-6,17,19H,7-16H2,1H3,(H,24,28)(H,25,30). The molecule has 0 bridgehead atoms. The Bertz CT molecular complexity index is 781. The Morgan fingerprint density at radius 1 is 1.10 bits per heavy atom. The van der Waals surface area contributed by atoms with Crippen molar-refractivity contribution in [3.05, 3.63) is 35.9 Å². The molecule has 2 N–H and O–H groups in total. The fourth-order valence-corrected chi connectivity index (χ4v) is 4.91. The van der Waals surface area contributed by atoms with Crippen LogP contribution in [0.2, 0.25) is 0 Å². The summed E-state index contributed by atoms with van der Waals surface area (Å²) in [5.74, 6) is 0.0962. The van der Waals surface area contributed by atoms with Crippen molar-refractivity contribution in [1.29, 1.82) is 0 Å². The summed E-state index contributed by atoms with van der Waals surface area (Å²) in [4.78, 5) is 41.3. The summed E-state index contributed by atoms with van der Waals surface area (Å²) in [7, 11) is 0. The van der Waals surface area contributed by atoms with Crippen molar-refractivity contribution in [2.45, 2.75) is 63.6 Å². The summed E-state index contributed by atoms with van der Waals surface area (Å²) >= 11 is 0. The molecule has 1 aromatic rings. The minimum atomic E-state index is -0.785. The number of carbonyl (C=O) groups excluding carboxylic acids is 3. The highest BCUT2D eigenvalue weighted by Gasteiger charge is 2.52. The van der Waals surface area contributed by atoms with Gasteiger partial charge in [0.1, 0.15) is 12.1 Å². The number of imide groups is 1. The van der Waals surface area contributed by atoms with Gasteiger partial charge in [0.2, 0.25) is 5.91 Å². The van der Waals surface area contributed by atoms with Crippen molar-refractivity contribution in [3.63, 3.8) is 0 Å². The lowest BCUT2D eigenvalue weighted by molar-refractivity contribution is -0.136. The second-order valence-corrected chi connectivity index (χ2v) is 9.19. The van der Waals surface area contributed by atoms with E-state index in [2.05, 4.69) is 46.7 Å². The molecule has 7 nitrogen and oxygen atoms in total. The van der Waals surface area contributed by atoms with E-state index < -0.39 is 11.6 Å². The lowest BCUT2D eigenvalue weighted by Gasteiger charge is -2.33. The van der Waals surface area contributed by atoms with Gasteiger partial charge in [-0.05, 0) is 50.0 Å². The predicted octanol–water partition coefficient (Wildman–Crippen LogP) is 2.27. The molecule has 1 aromatic carbocycles. The lowest BCUT2D eigenvalue weighted by atomic mass is 9.77. The monoisotopic (exact) mass is 412 g/mol. The molecule has 2 heterocycles. The molecule has 1 saturated carbocycles. The number of nitrogens with one attached hydrogen (secondary N) is 2. The molecule has 0 radical (unpaired) electrons. The minimum absolute atomic E-state index is 0.0924. The van der Waals surface area contributed by atoms with Gasteiger partial charge in [-0.15, -0.1) is 0 Å². The first-order valence-electron chi connectivity index (χ1n) is 11.1. The number of urea groups is 1. The Balaban J connectivity index is 1.24. The number of likely N-dealkylation sites (tertiary alicyclic amines) is 1. The van der Waals surface area contributed by atoms with Crippen LogP contribution in [0.1, 0.15) is 51.0 Å². The topological polar surface area (TPSA) is 81.8 Å². The molecule has 0 unspecified atom stereocenters. The van der Waals surface area contributed by atoms with E-state index in [4.69, 9.17) is 0 Å². The Labute approximate surface area is 178 Å². The van der Waals surface area contributed by atoms with E-state index in [0.29, 0.717) is 18.8 Å². The van der Waals surface area contributed by atoms with E-state index in [1.165, 1.54) is 5.56 Å². The summed E-state index contributed by atoms with van der Waals surface area (Å²) in [6.07, 6.45) is 4.93. The van der Waals surface area contributed by atoms with Crippen LogP contribution < -0.4 is 10.6 Å². The maximum Gasteiger partial charge on any atom is 0.325 e. The summed E-state index contributed by atoms with van der Waals surface area (Å²) in [5, 5.41) is 5.91. The van der Waals surface area contributed by atoms with Crippen molar-refractivity contribution in [2.75, 3.05) is 19.6 Å². The largest absolute Gasteiger partial charge is 0.352 e. The highest BCUT2D eigenvalue weighted by atomic mass is 16.2. The number of piperidine rings is 1. The molecule has 1 spiro atoms. The fraction of sp³-hybridized carbons (Fsp3) is 0.609. The van der Waals surface area contributed by atoms with Gasteiger partial charge < -0.3 is 10.6 Å². The average molecular weight is 413 g/mol. The summed E-state index contributed by atoms with van der Waals surface area (Å²) in [6, 6.07) is 10.0. The third-order valence-corrected chi connectivity index (χ3v) is 6.88. The SMILES string of the molecule is CC1CCC2(CC1)NC(=O)N(CC(=O)NC1CCN(Cc3ccccc3)CC1)C2=O. The molecule has 7 heteroatoms. The average Bonchev–Trinajstić information content (AvgIpc) is 2.97. The number of rotatable bonds is 5. The van der Waals surface area contributed by atoms with Gasteiger partial charge in [-0.1, -0.05) is 37.3 Å². The van der Waals surface area contributed by atoms with Gasteiger partial charge >= 0.3 is 6.03 Å². The summed E-state index contributed by atoms with van der Waals surface area (Å²) < 4.78 is 0. The van der Waals surface area contributed by atoms with Gasteiger partial charge in [0.05, 0.1) is 0 Å². The van der Waals surface area contributed by atoms with E-state index >= 15 is 0 Å². The molecule has 2 saturated heterocycles. The zero-order valence-electron chi connectivity index (χ0n) is 17.7. The number of hydrogen-bond acceptors (Lipinski definition) is 4. The van der Waals surface area contributed by atoms with E-state index in [9.17, 15) is 14.4 Å². The smallest absolute Gasteiger partial charge is 0.325 e. The molecule has 2 aliphatic heterocycles. The molecule has 1 aliphatic carbocycles. The third-order valence-electron chi connectivity index (χ3n) is 6.88. The van der Waals surface area contributed by atoms with Gasteiger partial charge in [0, 0.05) is 25.7 Å². The quantitative estimate of drug-likeness (QED) is 0.727. The predicted molar refractivity (Wildman–Crippen MR) is 113 cm³/mol. The van der Waals surface area contributed by atoms with Crippen LogP contribution in [0.4, 0.5) is 4.79 Å². The first-order valence-corrected chi connectivity index (χ1v) is 11.1. The second kappa shape index (κ2) is 8.76. The van der Waals surface area contributed by atoms with Crippen LogP contribution in [-0.2, 0) is 16.1 Å². The number of amides is 4. The zero-order chi connectivity index (χ0) is 21.1. The maximum atomic E-state index is 12.9. The van der Waals surface area contributed by atoms with Crippen LogP contribution in [0.15, 0.2) is 30.3 Å². The second-order valence-electron chi connectivity index (χ2n) is 9.19. The minimum Gasteiger partial charge on any atom is -0.352 e. The van der Waals surface area contributed by atoms with Crippen LogP contribution in [0.25, 0.3) is 0 Å². The van der Waals surface area contributed by atoms with E-state index in [1.807, 2.05) is 6.07 Å². The lowest BCUT2D eigenvalue weighted by Crippen LogP contribution is -2.50.